The van der Waals surface area contributed by atoms with Crippen molar-refractivity contribution in [3.05, 3.63) is 34.9 Å². The summed E-state index contributed by atoms with van der Waals surface area (Å²) < 4.78 is 0. The van der Waals surface area contributed by atoms with Crippen molar-refractivity contribution in [3.8, 4) is 0 Å². The van der Waals surface area contributed by atoms with Gasteiger partial charge in [-0.05, 0) is 48.9 Å². The molecule has 1 heteroatoms. The zero-order chi connectivity index (χ0) is 13.1. The molecule has 96 valence electrons. The number of rotatable bonds is 5. The van der Waals surface area contributed by atoms with E-state index in [1.807, 2.05) is 0 Å². The molecular formula is C16H27N. The van der Waals surface area contributed by atoms with Crippen LogP contribution >= 0.6 is 0 Å². The van der Waals surface area contributed by atoms with Crippen molar-refractivity contribution in [1.29, 1.82) is 0 Å². The molecule has 0 heterocycles. The number of hydrogen-bond acceptors (Lipinski definition) is 1. The Morgan fingerprint density at radius 1 is 1.12 bits per heavy atom. The quantitative estimate of drug-likeness (QED) is 0.811. The lowest BCUT2D eigenvalue weighted by Gasteiger charge is -2.27. The second-order valence-corrected chi connectivity index (χ2v) is 6.04. The molecule has 1 aromatic rings. The zero-order valence-electron chi connectivity index (χ0n) is 12.2. The first-order chi connectivity index (χ1) is 7.83. The molecular weight excluding hydrogens is 206 g/mol. The van der Waals surface area contributed by atoms with Gasteiger partial charge in [-0.2, -0.15) is 0 Å². The fourth-order valence-corrected chi connectivity index (χ4v) is 1.98. The summed E-state index contributed by atoms with van der Waals surface area (Å²) in [6.45, 7) is 14.5. The summed E-state index contributed by atoms with van der Waals surface area (Å²) in [6, 6.07) is 7.43. The standard InChI is InChI=1S/C16H27N/c1-12(2)17-10-9-16(5,6)15-8-7-13(3)14(4)11-15/h7-8,11-12,17H,9-10H2,1-6H3. The highest BCUT2D eigenvalue weighted by atomic mass is 14.9. The average Bonchev–Trinajstić information content (AvgIpc) is 2.21. The minimum absolute atomic E-state index is 0.250. The molecule has 1 N–H and O–H groups in total. The average molecular weight is 233 g/mol. The third-order valence-corrected chi connectivity index (χ3v) is 3.59. The van der Waals surface area contributed by atoms with Crippen LogP contribution in [0.25, 0.3) is 0 Å². The minimum atomic E-state index is 0.250. The molecule has 1 nitrogen and oxygen atoms in total. The summed E-state index contributed by atoms with van der Waals surface area (Å²) in [6.07, 6.45) is 1.17. The summed E-state index contributed by atoms with van der Waals surface area (Å²) in [5.41, 5.74) is 4.48. The lowest BCUT2D eigenvalue weighted by Crippen LogP contribution is -2.29. The minimum Gasteiger partial charge on any atom is -0.315 e. The van der Waals surface area contributed by atoms with Gasteiger partial charge in [-0.1, -0.05) is 45.9 Å². The second kappa shape index (κ2) is 5.68. The SMILES string of the molecule is Cc1ccc(C(C)(C)CCNC(C)C)cc1C. The summed E-state index contributed by atoms with van der Waals surface area (Å²) in [7, 11) is 0. The zero-order valence-corrected chi connectivity index (χ0v) is 12.2. The van der Waals surface area contributed by atoms with Gasteiger partial charge in [0.25, 0.3) is 0 Å². The Labute approximate surface area is 107 Å². The molecule has 0 aliphatic rings. The van der Waals surface area contributed by atoms with Crippen LogP contribution < -0.4 is 5.32 Å². The molecule has 0 atom stereocenters. The Balaban J connectivity index is 2.71. The van der Waals surface area contributed by atoms with Crippen molar-refractivity contribution in [2.45, 2.75) is 59.4 Å². The molecule has 0 aliphatic heterocycles. The molecule has 0 saturated heterocycles. The molecule has 17 heavy (non-hydrogen) atoms. The summed E-state index contributed by atoms with van der Waals surface area (Å²) in [4.78, 5) is 0. The van der Waals surface area contributed by atoms with E-state index < -0.39 is 0 Å². The number of aryl methyl sites for hydroxylation is 2. The molecule has 0 spiro atoms. The van der Waals surface area contributed by atoms with Gasteiger partial charge in [0.2, 0.25) is 0 Å². The van der Waals surface area contributed by atoms with Gasteiger partial charge < -0.3 is 5.32 Å². The van der Waals surface area contributed by atoms with Gasteiger partial charge in [-0.15, -0.1) is 0 Å². The molecule has 1 aromatic carbocycles. The molecule has 0 unspecified atom stereocenters. The first-order valence-electron chi connectivity index (χ1n) is 6.64. The van der Waals surface area contributed by atoms with Crippen molar-refractivity contribution in [1.82, 2.24) is 5.32 Å². The maximum absolute atomic E-state index is 3.50. The highest BCUT2D eigenvalue weighted by molar-refractivity contribution is 5.33. The van der Waals surface area contributed by atoms with Crippen LogP contribution in [0.5, 0.6) is 0 Å². The van der Waals surface area contributed by atoms with Gasteiger partial charge in [0.05, 0.1) is 0 Å². The van der Waals surface area contributed by atoms with E-state index in [0.717, 1.165) is 6.54 Å². The topological polar surface area (TPSA) is 12.0 Å². The van der Waals surface area contributed by atoms with Crippen molar-refractivity contribution in [2.75, 3.05) is 6.54 Å². The maximum atomic E-state index is 3.50. The van der Waals surface area contributed by atoms with Crippen LogP contribution in [-0.2, 0) is 5.41 Å². The van der Waals surface area contributed by atoms with Gasteiger partial charge >= 0.3 is 0 Å². The van der Waals surface area contributed by atoms with Crippen molar-refractivity contribution < 1.29 is 0 Å². The summed E-state index contributed by atoms with van der Waals surface area (Å²) in [5.74, 6) is 0. The van der Waals surface area contributed by atoms with Gasteiger partial charge in [0.15, 0.2) is 0 Å². The van der Waals surface area contributed by atoms with E-state index >= 15 is 0 Å². The van der Waals surface area contributed by atoms with Crippen LogP contribution in [0.4, 0.5) is 0 Å². The first-order valence-corrected chi connectivity index (χ1v) is 6.64. The van der Waals surface area contributed by atoms with Crippen LogP contribution in [0.3, 0.4) is 0 Å². The highest BCUT2D eigenvalue weighted by Gasteiger charge is 2.20. The normalized spacial score (nSPS) is 12.2. The lowest BCUT2D eigenvalue weighted by molar-refractivity contribution is 0.441. The van der Waals surface area contributed by atoms with Crippen LogP contribution in [-0.4, -0.2) is 12.6 Å². The highest BCUT2D eigenvalue weighted by Crippen LogP contribution is 2.28. The Morgan fingerprint density at radius 3 is 2.29 bits per heavy atom. The Morgan fingerprint density at radius 2 is 1.76 bits per heavy atom. The summed E-state index contributed by atoms with van der Waals surface area (Å²) >= 11 is 0. The molecule has 0 aromatic heterocycles. The van der Waals surface area contributed by atoms with E-state index in [0.29, 0.717) is 6.04 Å². The Bertz CT molecular complexity index is 364. The number of benzene rings is 1. The van der Waals surface area contributed by atoms with Crippen LogP contribution in [0, 0.1) is 13.8 Å². The molecule has 0 radical (unpaired) electrons. The fourth-order valence-electron chi connectivity index (χ4n) is 1.98. The van der Waals surface area contributed by atoms with E-state index in [1.165, 1.54) is 23.1 Å². The Kier molecular flexibility index (Phi) is 4.76. The lowest BCUT2D eigenvalue weighted by atomic mass is 9.80. The Hall–Kier alpha value is -0.820. The maximum Gasteiger partial charge on any atom is 0.00103 e. The van der Waals surface area contributed by atoms with E-state index in [9.17, 15) is 0 Å². The fraction of sp³-hybridized carbons (Fsp3) is 0.625. The molecule has 1 rings (SSSR count). The van der Waals surface area contributed by atoms with Gasteiger partial charge in [-0.3, -0.25) is 0 Å². The van der Waals surface area contributed by atoms with E-state index in [4.69, 9.17) is 0 Å². The largest absolute Gasteiger partial charge is 0.315 e. The molecule has 0 amide bonds. The molecule has 0 saturated carbocycles. The third kappa shape index (κ3) is 4.16. The van der Waals surface area contributed by atoms with Crippen LogP contribution in [0.1, 0.15) is 50.8 Å². The molecule has 0 aliphatic carbocycles. The van der Waals surface area contributed by atoms with Crippen molar-refractivity contribution >= 4 is 0 Å². The van der Waals surface area contributed by atoms with E-state index in [-0.39, 0.29) is 5.41 Å². The van der Waals surface area contributed by atoms with Gasteiger partial charge in [0, 0.05) is 6.04 Å². The van der Waals surface area contributed by atoms with Gasteiger partial charge in [-0.25, -0.2) is 0 Å². The van der Waals surface area contributed by atoms with E-state index in [1.54, 1.807) is 0 Å². The second-order valence-electron chi connectivity index (χ2n) is 6.04. The predicted octanol–water partition coefficient (Wildman–Crippen LogP) is 3.97. The monoisotopic (exact) mass is 233 g/mol. The smallest absolute Gasteiger partial charge is 0.00103 e. The van der Waals surface area contributed by atoms with E-state index in [2.05, 4.69) is 65.1 Å². The number of hydrogen-bond donors (Lipinski definition) is 1. The number of nitrogens with one attached hydrogen (secondary N) is 1. The first kappa shape index (κ1) is 14.2. The van der Waals surface area contributed by atoms with Gasteiger partial charge in [0.1, 0.15) is 0 Å². The van der Waals surface area contributed by atoms with Crippen LogP contribution in [0.2, 0.25) is 0 Å². The van der Waals surface area contributed by atoms with Crippen molar-refractivity contribution in [2.24, 2.45) is 0 Å². The summed E-state index contributed by atoms with van der Waals surface area (Å²) in [5, 5.41) is 3.50. The predicted molar refractivity (Wildman–Crippen MR) is 76.7 cm³/mol. The van der Waals surface area contributed by atoms with Crippen LogP contribution in [0.15, 0.2) is 18.2 Å². The molecule has 0 bridgehead atoms. The molecule has 0 fully saturated rings. The van der Waals surface area contributed by atoms with Crippen molar-refractivity contribution in [3.63, 3.8) is 0 Å². The third-order valence-electron chi connectivity index (χ3n) is 3.59.